The number of carbonyl (C=O) groups is 1. The van der Waals surface area contributed by atoms with E-state index in [0.29, 0.717) is 45.6 Å². The van der Waals surface area contributed by atoms with Crippen LogP contribution in [0.5, 0.6) is 28.7 Å². The van der Waals surface area contributed by atoms with Gasteiger partial charge in [-0.3, -0.25) is 4.79 Å². The summed E-state index contributed by atoms with van der Waals surface area (Å²) in [5.74, 6) is 2.08. The van der Waals surface area contributed by atoms with Crippen molar-refractivity contribution < 1.29 is 33.6 Å². The van der Waals surface area contributed by atoms with Crippen LogP contribution in [0, 0.1) is 0 Å². The Bertz CT molecular complexity index is 1120. The predicted molar refractivity (Wildman–Crippen MR) is 117 cm³/mol. The lowest BCUT2D eigenvalue weighted by Crippen LogP contribution is -2.27. The molecular weight excluding hydrogens is 416 g/mol. The zero-order chi connectivity index (χ0) is 22.7. The van der Waals surface area contributed by atoms with Crippen LogP contribution in [0.1, 0.15) is 10.5 Å². The van der Waals surface area contributed by atoms with Gasteiger partial charge in [0.1, 0.15) is 11.4 Å². The highest BCUT2D eigenvalue weighted by Gasteiger charge is 2.31. The third-order valence-corrected chi connectivity index (χ3v) is 5.16. The van der Waals surface area contributed by atoms with Gasteiger partial charge in [0.2, 0.25) is 18.3 Å². The van der Waals surface area contributed by atoms with Crippen molar-refractivity contribution in [2.75, 3.05) is 41.3 Å². The summed E-state index contributed by atoms with van der Waals surface area (Å²) in [7, 11) is 4.66. The first kappa shape index (κ1) is 21.4. The summed E-state index contributed by atoms with van der Waals surface area (Å²) in [6, 6.07) is 9.24. The van der Waals surface area contributed by atoms with E-state index >= 15 is 0 Å². The van der Waals surface area contributed by atoms with Crippen LogP contribution in [0.3, 0.4) is 0 Å². The number of rotatable bonds is 8. The lowest BCUT2D eigenvalue weighted by molar-refractivity contribution is 0.0941. The van der Waals surface area contributed by atoms with Gasteiger partial charge in [-0.25, -0.2) is 0 Å². The number of H-pyrrole nitrogens is 1. The number of benzene rings is 2. The van der Waals surface area contributed by atoms with Gasteiger partial charge in [-0.2, -0.15) is 0 Å². The Labute approximate surface area is 184 Å². The Morgan fingerprint density at radius 3 is 2.47 bits per heavy atom. The minimum absolute atomic E-state index is 0.0355. The molecule has 0 saturated heterocycles. The highest BCUT2D eigenvalue weighted by atomic mass is 16.7. The number of aliphatic hydroxyl groups is 1. The van der Waals surface area contributed by atoms with E-state index in [0.717, 1.165) is 11.1 Å². The molecule has 1 aromatic heterocycles. The number of fused-ring (bicyclic) bond motifs is 1. The van der Waals surface area contributed by atoms with Crippen LogP contribution in [0.25, 0.3) is 22.3 Å². The average molecular weight is 440 g/mol. The van der Waals surface area contributed by atoms with Crippen LogP contribution in [-0.4, -0.2) is 57.3 Å². The fraction of sp³-hybridized carbons (Fsp3) is 0.261. The Hall–Kier alpha value is -3.85. The molecule has 0 saturated carbocycles. The lowest BCUT2D eigenvalue weighted by Gasteiger charge is -2.16. The van der Waals surface area contributed by atoms with E-state index in [4.69, 9.17) is 28.8 Å². The van der Waals surface area contributed by atoms with Crippen molar-refractivity contribution in [1.29, 1.82) is 0 Å². The average Bonchev–Trinajstić information content (AvgIpc) is 3.49. The summed E-state index contributed by atoms with van der Waals surface area (Å²) >= 11 is 0. The fourth-order valence-corrected chi connectivity index (χ4v) is 3.69. The molecule has 32 heavy (non-hydrogen) atoms. The smallest absolute Gasteiger partial charge is 0.268 e. The molecule has 9 heteroatoms. The zero-order valence-corrected chi connectivity index (χ0v) is 18.0. The first-order chi connectivity index (χ1) is 15.6. The van der Waals surface area contributed by atoms with Crippen LogP contribution >= 0.6 is 0 Å². The Morgan fingerprint density at radius 1 is 1.06 bits per heavy atom. The molecule has 0 unspecified atom stereocenters. The van der Waals surface area contributed by atoms with E-state index in [-0.39, 0.29) is 25.9 Å². The number of nitrogens with one attached hydrogen (secondary N) is 2. The first-order valence-electron chi connectivity index (χ1n) is 9.92. The third kappa shape index (κ3) is 3.67. The van der Waals surface area contributed by atoms with Crippen LogP contribution in [0.2, 0.25) is 0 Å². The van der Waals surface area contributed by atoms with Crippen molar-refractivity contribution in [3.8, 4) is 51.0 Å². The number of hydrogen-bond acceptors (Lipinski definition) is 7. The Balaban J connectivity index is 1.95. The van der Waals surface area contributed by atoms with Gasteiger partial charge in [0.15, 0.2) is 11.5 Å². The number of methoxy groups -OCH3 is 3. The van der Waals surface area contributed by atoms with Gasteiger partial charge in [0.05, 0.1) is 27.9 Å². The SMILES string of the molecule is COc1ccc(-c2c[nH]c(C(=O)NCCO)c2-c2cc(OC)c3c(c2OC)OCO3)cc1. The van der Waals surface area contributed by atoms with Crippen LogP contribution in [0.15, 0.2) is 36.5 Å². The number of hydrogen-bond donors (Lipinski definition) is 3. The molecule has 9 nitrogen and oxygen atoms in total. The minimum Gasteiger partial charge on any atom is -0.497 e. The molecule has 1 amide bonds. The van der Waals surface area contributed by atoms with E-state index in [1.807, 2.05) is 24.3 Å². The highest BCUT2D eigenvalue weighted by Crippen LogP contribution is 2.54. The summed E-state index contributed by atoms with van der Waals surface area (Å²) in [5.41, 5.74) is 3.12. The molecule has 2 aromatic carbocycles. The number of amides is 1. The molecule has 3 N–H and O–H groups in total. The maximum atomic E-state index is 12.9. The minimum atomic E-state index is -0.368. The summed E-state index contributed by atoms with van der Waals surface area (Å²) in [6.45, 7) is -0.0150. The van der Waals surface area contributed by atoms with Crippen LogP contribution in [-0.2, 0) is 0 Å². The number of carbonyl (C=O) groups excluding carboxylic acids is 1. The number of ether oxygens (including phenoxy) is 5. The van der Waals surface area contributed by atoms with Gasteiger partial charge >= 0.3 is 0 Å². The van der Waals surface area contributed by atoms with Gasteiger partial charge in [-0.05, 0) is 23.8 Å². The molecular formula is C23H24N2O7. The molecule has 4 rings (SSSR count). The van der Waals surface area contributed by atoms with Crippen molar-refractivity contribution in [2.45, 2.75) is 0 Å². The van der Waals surface area contributed by atoms with Gasteiger partial charge < -0.3 is 39.1 Å². The molecule has 0 aliphatic carbocycles. The normalized spacial score (nSPS) is 11.9. The first-order valence-corrected chi connectivity index (χ1v) is 9.92. The lowest BCUT2D eigenvalue weighted by atomic mass is 9.94. The summed E-state index contributed by atoms with van der Waals surface area (Å²) in [5, 5.41) is 11.8. The van der Waals surface area contributed by atoms with Gasteiger partial charge in [-0.1, -0.05) is 12.1 Å². The van der Waals surface area contributed by atoms with Gasteiger partial charge in [-0.15, -0.1) is 0 Å². The number of aromatic amines is 1. The molecule has 0 fully saturated rings. The summed E-state index contributed by atoms with van der Waals surface area (Å²) in [6.07, 6.45) is 1.75. The second-order valence-electron chi connectivity index (χ2n) is 6.88. The quantitative estimate of drug-likeness (QED) is 0.494. The van der Waals surface area contributed by atoms with Gasteiger partial charge in [0, 0.05) is 29.4 Å². The standard InChI is InChI=1S/C23H24N2O7/c1-28-14-6-4-13(5-7-14)16-11-25-19(23(27)24-8-9-26)18(16)15-10-17(29-2)21-22(20(15)30-3)32-12-31-21/h4-7,10-11,25-26H,8-9,12H2,1-3H3,(H,24,27). The predicted octanol–water partition coefficient (Wildman–Crippen LogP) is 2.83. The van der Waals surface area contributed by atoms with E-state index in [2.05, 4.69) is 10.3 Å². The fourth-order valence-electron chi connectivity index (χ4n) is 3.69. The molecule has 0 atom stereocenters. The number of aliphatic hydroxyl groups excluding tert-OH is 1. The molecule has 1 aliphatic heterocycles. The molecule has 0 spiro atoms. The van der Waals surface area contributed by atoms with Crippen molar-refractivity contribution in [1.82, 2.24) is 10.3 Å². The molecule has 1 aliphatic rings. The monoisotopic (exact) mass is 440 g/mol. The van der Waals surface area contributed by atoms with Crippen molar-refractivity contribution >= 4 is 5.91 Å². The van der Waals surface area contributed by atoms with E-state index in [1.54, 1.807) is 19.4 Å². The molecule has 2 heterocycles. The second kappa shape index (κ2) is 9.11. The number of aromatic nitrogens is 1. The third-order valence-electron chi connectivity index (χ3n) is 5.16. The van der Waals surface area contributed by atoms with Crippen molar-refractivity contribution in [3.63, 3.8) is 0 Å². The Kier molecular flexibility index (Phi) is 6.09. The largest absolute Gasteiger partial charge is 0.497 e. The second-order valence-corrected chi connectivity index (χ2v) is 6.88. The maximum absolute atomic E-state index is 12.9. The maximum Gasteiger partial charge on any atom is 0.268 e. The van der Waals surface area contributed by atoms with Crippen LogP contribution in [0.4, 0.5) is 0 Å². The van der Waals surface area contributed by atoms with Crippen molar-refractivity contribution in [3.05, 3.63) is 42.2 Å². The molecule has 168 valence electrons. The topological polar surface area (TPSA) is 111 Å². The molecule has 3 aromatic rings. The van der Waals surface area contributed by atoms with E-state index in [9.17, 15) is 4.79 Å². The van der Waals surface area contributed by atoms with E-state index < -0.39 is 0 Å². The zero-order valence-electron chi connectivity index (χ0n) is 18.0. The Morgan fingerprint density at radius 2 is 1.81 bits per heavy atom. The summed E-state index contributed by atoms with van der Waals surface area (Å²) < 4.78 is 27.7. The highest BCUT2D eigenvalue weighted by molar-refractivity contribution is 6.05. The van der Waals surface area contributed by atoms with Crippen molar-refractivity contribution in [2.24, 2.45) is 0 Å². The molecule has 0 radical (unpaired) electrons. The summed E-state index contributed by atoms with van der Waals surface area (Å²) in [4.78, 5) is 16.0. The molecule has 0 bridgehead atoms. The van der Waals surface area contributed by atoms with E-state index in [1.165, 1.54) is 14.2 Å². The van der Waals surface area contributed by atoms with Gasteiger partial charge in [0.25, 0.3) is 5.91 Å². The van der Waals surface area contributed by atoms with Crippen LogP contribution < -0.4 is 29.0 Å².